The summed E-state index contributed by atoms with van der Waals surface area (Å²) in [4.78, 5) is 7.23. The van der Waals surface area contributed by atoms with Crippen molar-refractivity contribution in [3.63, 3.8) is 0 Å². The summed E-state index contributed by atoms with van der Waals surface area (Å²) in [6.07, 6.45) is 3.55. The number of hydrogen-bond donors (Lipinski definition) is 2. The Morgan fingerprint density at radius 1 is 1.17 bits per heavy atom. The van der Waals surface area contributed by atoms with Gasteiger partial charge in [-0.2, -0.15) is 0 Å². The summed E-state index contributed by atoms with van der Waals surface area (Å²) in [5.74, 6) is 0.865. The fourth-order valence-electron chi connectivity index (χ4n) is 3.43. The number of guanidine groups is 1. The van der Waals surface area contributed by atoms with E-state index in [1.54, 1.807) is 0 Å². The van der Waals surface area contributed by atoms with Crippen molar-refractivity contribution in [3.8, 4) is 0 Å². The van der Waals surface area contributed by atoms with E-state index in [9.17, 15) is 0 Å². The molecule has 1 heterocycles. The van der Waals surface area contributed by atoms with E-state index in [4.69, 9.17) is 14.5 Å². The largest absolute Gasteiger partial charge is 0.379 e. The van der Waals surface area contributed by atoms with Gasteiger partial charge in [0.05, 0.1) is 19.3 Å². The quantitative estimate of drug-likeness (QED) is 0.300. The normalized spacial score (nSPS) is 17.1. The summed E-state index contributed by atoms with van der Waals surface area (Å²) in [6.45, 7) is 14.3. The van der Waals surface area contributed by atoms with Gasteiger partial charge in [0.15, 0.2) is 5.96 Å². The number of ether oxygens (including phenoxy) is 2. The van der Waals surface area contributed by atoms with Crippen molar-refractivity contribution < 1.29 is 9.47 Å². The minimum Gasteiger partial charge on any atom is -0.379 e. The molecule has 0 saturated carbocycles. The number of aliphatic imine (C=N–C) groups is 1. The third-order valence-electron chi connectivity index (χ3n) is 5.24. The first-order valence-electron chi connectivity index (χ1n) is 11.3. The van der Waals surface area contributed by atoms with Gasteiger partial charge < -0.3 is 20.1 Å². The minimum atomic E-state index is 0.304. The van der Waals surface area contributed by atoms with Crippen LogP contribution in [0.5, 0.6) is 0 Å². The second-order valence-electron chi connectivity index (χ2n) is 7.42. The van der Waals surface area contributed by atoms with Gasteiger partial charge >= 0.3 is 0 Å². The highest BCUT2D eigenvalue weighted by Crippen LogP contribution is 2.13. The maximum Gasteiger partial charge on any atom is 0.191 e. The predicted octanol–water partition coefficient (Wildman–Crippen LogP) is 3.17. The molecule has 0 spiro atoms. The Morgan fingerprint density at radius 3 is 2.66 bits per heavy atom. The van der Waals surface area contributed by atoms with Crippen LogP contribution in [-0.2, 0) is 22.6 Å². The standard InChI is InChI=1S/C23H40N4O2/c1-4-24-23(25-14-10-15-28-19-22-13-9-16-29-22)26-17-20-11-7-8-12-21(20)18-27(5-2)6-3/h7-8,11-12,22H,4-6,9-10,13-19H2,1-3H3,(H2,24,25,26). The highest BCUT2D eigenvalue weighted by Gasteiger charge is 2.14. The van der Waals surface area contributed by atoms with E-state index in [0.29, 0.717) is 12.6 Å². The van der Waals surface area contributed by atoms with Crippen molar-refractivity contribution in [3.05, 3.63) is 35.4 Å². The van der Waals surface area contributed by atoms with Crippen LogP contribution in [0.15, 0.2) is 29.3 Å². The number of nitrogens with zero attached hydrogens (tertiary/aromatic N) is 2. The summed E-state index contributed by atoms with van der Waals surface area (Å²) in [5, 5.41) is 6.76. The van der Waals surface area contributed by atoms with E-state index < -0.39 is 0 Å². The highest BCUT2D eigenvalue weighted by atomic mass is 16.5. The molecule has 1 unspecified atom stereocenters. The van der Waals surface area contributed by atoms with Crippen molar-refractivity contribution in [1.29, 1.82) is 0 Å². The van der Waals surface area contributed by atoms with Crippen molar-refractivity contribution in [2.75, 3.05) is 46.0 Å². The summed E-state index contributed by atoms with van der Waals surface area (Å²) in [5.41, 5.74) is 2.65. The molecule has 1 aliphatic heterocycles. The van der Waals surface area contributed by atoms with Gasteiger partial charge in [-0.25, -0.2) is 4.99 Å². The molecule has 0 bridgehead atoms. The number of nitrogens with one attached hydrogen (secondary N) is 2. The van der Waals surface area contributed by atoms with Gasteiger partial charge in [0.2, 0.25) is 0 Å². The zero-order valence-corrected chi connectivity index (χ0v) is 18.6. The van der Waals surface area contributed by atoms with Crippen LogP contribution in [0.1, 0.15) is 51.2 Å². The molecule has 0 radical (unpaired) electrons. The van der Waals surface area contributed by atoms with Gasteiger partial charge in [-0.1, -0.05) is 38.1 Å². The van der Waals surface area contributed by atoms with Crippen LogP contribution in [0.2, 0.25) is 0 Å². The summed E-state index contributed by atoms with van der Waals surface area (Å²) >= 11 is 0. The maximum absolute atomic E-state index is 5.73. The van der Waals surface area contributed by atoms with Crippen LogP contribution in [0.4, 0.5) is 0 Å². The molecule has 1 fully saturated rings. The second-order valence-corrected chi connectivity index (χ2v) is 7.42. The zero-order valence-electron chi connectivity index (χ0n) is 18.6. The molecule has 2 rings (SSSR count). The Labute approximate surface area is 177 Å². The van der Waals surface area contributed by atoms with Crippen LogP contribution in [0, 0.1) is 0 Å². The predicted molar refractivity (Wildman–Crippen MR) is 120 cm³/mol. The van der Waals surface area contributed by atoms with Crippen molar-refractivity contribution in [2.45, 2.75) is 59.2 Å². The van der Waals surface area contributed by atoms with E-state index in [1.807, 2.05) is 0 Å². The topological polar surface area (TPSA) is 58.1 Å². The summed E-state index contributed by atoms with van der Waals surface area (Å²) in [7, 11) is 0. The van der Waals surface area contributed by atoms with E-state index in [2.05, 4.69) is 60.6 Å². The molecule has 1 aromatic rings. The SMILES string of the molecule is CCNC(=NCc1ccccc1CN(CC)CC)NCCCOCC1CCCO1. The van der Waals surface area contributed by atoms with Gasteiger partial charge in [0.25, 0.3) is 0 Å². The van der Waals surface area contributed by atoms with Crippen LogP contribution >= 0.6 is 0 Å². The van der Waals surface area contributed by atoms with Crippen LogP contribution < -0.4 is 10.6 Å². The molecule has 1 aliphatic rings. The Hall–Kier alpha value is -1.63. The number of rotatable bonds is 13. The third-order valence-corrected chi connectivity index (χ3v) is 5.24. The zero-order chi connectivity index (χ0) is 20.7. The smallest absolute Gasteiger partial charge is 0.191 e. The van der Waals surface area contributed by atoms with E-state index in [-0.39, 0.29) is 0 Å². The molecule has 6 heteroatoms. The first-order chi connectivity index (χ1) is 14.3. The fraction of sp³-hybridized carbons (Fsp3) is 0.696. The van der Waals surface area contributed by atoms with E-state index in [1.165, 1.54) is 11.1 Å². The van der Waals surface area contributed by atoms with Crippen molar-refractivity contribution >= 4 is 5.96 Å². The van der Waals surface area contributed by atoms with Gasteiger partial charge in [-0.05, 0) is 50.4 Å². The molecule has 0 amide bonds. The fourth-order valence-corrected chi connectivity index (χ4v) is 3.43. The second kappa shape index (κ2) is 14.4. The Balaban J connectivity index is 1.77. The lowest BCUT2D eigenvalue weighted by Gasteiger charge is -2.20. The molecule has 0 aliphatic carbocycles. The van der Waals surface area contributed by atoms with Crippen LogP contribution in [0.3, 0.4) is 0 Å². The molecule has 6 nitrogen and oxygen atoms in total. The highest BCUT2D eigenvalue weighted by molar-refractivity contribution is 5.79. The van der Waals surface area contributed by atoms with Gasteiger partial charge in [0, 0.05) is 32.8 Å². The van der Waals surface area contributed by atoms with E-state index in [0.717, 1.165) is 77.8 Å². The molecule has 29 heavy (non-hydrogen) atoms. The first-order valence-corrected chi connectivity index (χ1v) is 11.3. The monoisotopic (exact) mass is 404 g/mol. The lowest BCUT2D eigenvalue weighted by atomic mass is 10.1. The van der Waals surface area contributed by atoms with Crippen molar-refractivity contribution in [1.82, 2.24) is 15.5 Å². The summed E-state index contributed by atoms with van der Waals surface area (Å²) in [6, 6.07) is 8.62. The third kappa shape index (κ3) is 9.15. The van der Waals surface area contributed by atoms with Crippen molar-refractivity contribution in [2.24, 2.45) is 4.99 Å². The van der Waals surface area contributed by atoms with Gasteiger partial charge in [0.1, 0.15) is 0 Å². The van der Waals surface area contributed by atoms with Gasteiger partial charge in [-0.15, -0.1) is 0 Å². The van der Waals surface area contributed by atoms with Gasteiger partial charge in [-0.3, -0.25) is 4.90 Å². The lowest BCUT2D eigenvalue weighted by molar-refractivity contribution is 0.0168. The van der Waals surface area contributed by atoms with Crippen LogP contribution in [0.25, 0.3) is 0 Å². The average molecular weight is 405 g/mol. The average Bonchev–Trinajstić information content (AvgIpc) is 3.26. The summed E-state index contributed by atoms with van der Waals surface area (Å²) < 4.78 is 11.3. The Morgan fingerprint density at radius 2 is 1.97 bits per heavy atom. The molecule has 164 valence electrons. The molecular weight excluding hydrogens is 364 g/mol. The molecule has 0 aromatic heterocycles. The molecular formula is C23H40N4O2. The molecule has 2 N–H and O–H groups in total. The minimum absolute atomic E-state index is 0.304. The first kappa shape index (κ1) is 23.6. The molecule has 1 saturated heterocycles. The number of hydrogen-bond acceptors (Lipinski definition) is 4. The Bertz CT molecular complexity index is 584. The van der Waals surface area contributed by atoms with Crippen LogP contribution in [-0.4, -0.2) is 63.0 Å². The molecule has 1 aromatic carbocycles. The Kier molecular flexibility index (Phi) is 11.7. The van der Waals surface area contributed by atoms with E-state index >= 15 is 0 Å². The lowest BCUT2D eigenvalue weighted by Crippen LogP contribution is -2.38. The molecule has 1 atom stereocenters. The number of benzene rings is 1. The maximum atomic E-state index is 5.73.